The van der Waals surface area contributed by atoms with Gasteiger partial charge in [-0.3, -0.25) is 9.59 Å². The van der Waals surface area contributed by atoms with Crippen LogP contribution in [0.4, 0.5) is 8.78 Å². The highest BCUT2D eigenvalue weighted by atomic mass is 19.3. The molecule has 2 saturated carbocycles. The molecular weight excluding hydrogens is 484 g/mol. The fraction of sp³-hybridized carbons (Fsp3) is 0.600. The van der Waals surface area contributed by atoms with Gasteiger partial charge in [-0.1, -0.05) is 5.16 Å². The molecule has 3 fully saturated rings. The zero-order chi connectivity index (χ0) is 25.7. The van der Waals surface area contributed by atoms with Crippen molar-refractivity contribution in [1.82, 2.24) is 35.5 Å². The largest absolute Gasteiger partial charge is 0.353 e. The molecule has 6 rings (SSSR count). The van der Waals surface area contributed by atoms with Crippen molar-refractivity contribution in [3.05, 3.63) is 41.1 Å². The van der Waals surface area contributed by atoms with Gasteiger partial charge >= 0.3 is 0 Å². The first-order chi connectivity index (χ1) is 17.8. The lowest BCUT2D eigenvalue weighted by Gasteiger charge is -2.33. The molecule has 2 N–H and O–H groups in total. The Bertz CT molecular complexity index is 1320. The van der Waals surface area contributed by atoms with Crippen LogP contribution in [-0.4, -0.2) is 48.7 Å². The molecule has 0 bridgehead atoms. The number of aromatic nitrogens is 5. The molecule has 196 valence electrons. The van der Waals surface area contributed by atoms with Crippen molar-refractivity contribution < 1.29 is 23.0 Å². The molecule has 1 saturated heterocycles. The van der Waals surface area contributed by atoms with E-state index in [9.17, 15) is 18.4 Å². The third-order valence-corrected chi connectivity index (χ3v) is 7.81. The van der Waals surface area contributed by atoms with E-state index >= 15 is 0 Å². The minimum absolute atomic E-state index is 0.0428. The Hall–Kier alpha value is -3.44. The van der Waals surface area contributed by atoms with Crippen molar-refractivity contribution in [2.45, 2.75) is 82.2 Å². The summed E-state index contributed by atoms with van der Waals surface area (Å²) in [7, 11) is 0. The number of rotatable bonds is 7. The van der Waals surface area contributed by atoms with Gasteiger partial charge in [0.05, 0.1) is 24.1 Å². The Labute approximate surface area is 211 Å². The number of fused-ring (bicyclic) bond motifs is 1. The van der Waals surface area contributed by atoms with Crippen LogP contribution in [0.25, 0.3) is 5.65 Å². The molecule has 3 aromatic heterocycles. The van der Waals surface area contributed by atoms with E-state index in [1.54, 1.807) is 16.9 Å². The average Bonchev–Trinajstić information content (AvgIpc) is 3.28. The Morgan fingerprint density at radius 3 is 2.76 bits per heavy atom. The van der Waals surface area contributed by atoms with E-state index in [4.69, 9.17) is 9.61 Å². The highest BCUT2D eigenvalue weighted by Gasteiger charge is 2.40. The van der Waals surface area contributed by atoms with Crippen molar-refractivity contribution in [2.24, 2.45) is 11.8 Å². The first-order valence-electron chi connectivity index (χ1n) is 12.9. The van der Waals surface area contributed by atoms with Crippen LogP contribution in [0.2, 0.25) is 0 Å². The van der Waals surface area contributed by atoms with Gasteiger partial charge in [-0.15, -0.1) is 0 Å². The van der Waals surface area contributed by atoms with Crippen LogP contribution in [-0.2, 0) is 11.2 Å². The highest BCUT2D eigenvalue weighted by Crippen LogP contribution is 2.42. The summed E-state index contributed by atoms with van der Waals surface area (Å²) in [6.07, 6.45) is 6.66. The second-order valence-electron chi connectivity index (χ2n) is 10.8. The number of alkyl halides is 2. The number of nitrogens with one attached hydrogen (secondary N) is 2. The summed E-state index contributed by atoms with van der Waals surface area (Å²) in [5.41, 5.74) is 2.69. The molecule has 37 heavy (non-hydrogen) atoms. The molecule has 2 aliphatic carbocycles. The standard InChI is InChI=1S/C25H29F2N7O3/c1-13-8-17(23(35)29-13)9-14-10-19-30-18(12-34(19)28-11-14)20(16-4-6-25(26,27)7-5-16)31-24(36)22-21(15-2-3-15)32-37-33-22/h10-13,15-17,20H,2-9H2,1H3,(H,29,35)(H,31,36)/t13-,17-,20+/m1/s1. The van der Waals surface area contributed by atoms with Crippen LogP contribution in [0.15, 0.2) is 23.1 Å². The van der Waals surface area contributed by atoms with E-state index in [-0.39, 0.29) is 61.1 Å². The van der Waals surface area contributed by atoms with Gasteiger partial charge in [-0.2, -0.15) is 5.10 Å². The summed E-state index contributed by atoms with van der Waals surface area (Å²) < 4.78 is 34.3. The first-order valence-corrected chi connectivity index (χ1v) is 12.9. The van der Waals surface area contributed by atoms with Crippen LogP contribution in [0.1, 0.15) is 91.3 Å². The molecule has 12 heteroatoms. The van der Waals surface area contributed by atoms with Crippen LogP contribution >= 0.6 is 0 Å². The second kappa shape index (κ2) is 9.14. The van der Waals surface area contributed by atoms with E-state index in [1.807, 2.05) is 13.0 Å². The van der Waals surface area contributed by atoms with Crippen LogP contribution < -0.4 is 10.6 Å². The number of carbonyl (C=O) groups excluding carboxylic acids is 2. The second-order valence-corrected chi connectivity index (χ2v) is 10.8. The summed E-state index contributed by atoms with van der Waals surface area (Å²) in [6, 6.07) is 1.44. The molecule has 0 spiro atoms. The van der Waals surface area contributed by atoms with E-state index in [2.05, 4.69) is 26.0 Å². The molecule has 3 atom stereocenters. The van der Waals surface area contributed by atoms with Crippen LogP contribution in [0.5, 0.6) is 0 Å². The molecule has 0 radical (unpaired) electrons. The van der Waals surface area contributed by atoms with Gasteiger partial charge in [-0.05, 0) is 68.2 Å². The molecule has 0 unspecified atom stereocenters. The zero-order valence-corrected chi connectivity index (χ0v) is 20.5. The number of imidazole rings is 1. The van der Waals surface area contributed by atoms with Crippen molar-refractivity contribution in [3.63, 3.8) is 0 Å². The molecule has 4 heterocycles. The number of hydrogen-bond donors (Lipinski definition) is 2. The third kappa shape index (κ3) is 4.93. The van der Waals surface area contributed by atoms with Gasteiger partial charge in [0.25, 0.3) is 5.91 Å². The summed E-state index contributed by atoms with van der Waals surface area (Å²) in [4.78, 5) is 30.1. The summed E-state index contributed by atoms with van der Waals surface area (Å²) in [5, 5.41) is 18.1. The molecule has 3 aliphatic rings. The number of halogens is 2. The van der Waals surface area contributed by atoms with Gasteiger partial charge in [0.15, 0.2) is 11.3 Å². The number of hydrogen-bond acceptors (Lipinski definition) is 7. The maximum Gasteiger partial charge on any atom is 0.276 e. The van der Waals surface area contributed by atoms with Crippen LogP contribution in [0, 0.1) is 11.8 Å². The Morgan fingerprint density at radius 2 is 2.05 bits per heavy atom. The summed E-state index contributed by atoms with van der Waals surface area (Å²) in [5.74, 6) is -3.26. The minimum atomic E-state index is -2.69. The quantitative estimate of drug-likeness (QED) is 0.496. The smallest absolute Gasteiger partial charge is 0.276 e. The monoisotopic (exact) mass is 513 g/mol. The van der Waals surface area contributed by atoms with Gasteiger partial charge in [-0.25, -0.2) is 22.9 Å². The molecule has 3 aromatic rings. The Morgan fingerprint density at radius 1 is 1.27 bits per heavy atom. The molecule has 10 nitrogen and oxygen atoms in total. The van der Waals surface area contributed by atoms with Gasteiger partial charge < -0.3 is 10.6 Å². The molecule has 1 aliphatic heterocycles. The maximum absolute atomic E-state index is 13.9. The summed E-state index contributed by atoms with van der Waals surface area (Å²) in [6.45, 7) is 1.98. The van der Waals surface area contributed by atoms with E-state index in [0.717, 1.165) is 24.8 Å². The third-order valence-electron chi connectivity index (χ3n) is 7.81. The van der Waals surface area contributed by atoms with E-state index in [1.165, 1.54) is 0 Å². The van der Waals surface area contributed by atoms with E-state index in [0.29, 0.717) is 23.5 Å². The number of nitrogens with zero attached hydrogens (tertiary/aromatic N) is 5. The average molecular weight is 514 g/mol. The first kappa shape index (κ1) is 23.9. The van der Waals surface area contributed by atoms with E-state index < -0.39 is 17.9 Å². The van der Waals surface area contributed by atoms with Gasteiger partial charge in [0, 0.05) is 30.7 Å². The predicted molar refractivity (Wildman–Crippen MR) is 126 cm³/mol. The molecule has 2 amide bonds. The lowest BCUT2D eigenvalue weighted by atomic mass is 9.81. The van der Waals surface area contributed by atoms with Gasteiger partial charge in [0.1, 0.15) is 5.69 Å². The Kier molecular flexibility index (Phi) is 5.91. The Balaban J connectivity index is 1.27. The fourth-order valence-electron chi connectivity index (χ4n) is 5.63. The maximum atomic E-state index is 13.9. The van der Waals surface area contributed by atoms with Crippen molar-refractivity contribution in [1.29, 1.82) is 0 Å². The normalized spacial score (nSPS) is 24.8. The lowest BCUT2D eigenvalue weighted by molar-refractivity contribution is -0.122. The number of carbonyl (C=O) groups is 2. The van der Waals surface area contributed by atoms with Crippen molar-refractivity contribution >= 4 is 17.5 Å². The van der Waals surface area contributed by atoms with Gasteiger partial charge in [0.2, 0.25) is 11.8 Å². The van der Waals surface area contributed by atoms with Crippen molar-refractivity contribution in [2.75, 3.05) is 0 Å². The van der Waals surface area contributed by atoms with Crippen LogP contribution in [0.3, 0.4) is 0 Å². The minimum Gasteiger partial charge on any atom is -0.353 e. The summed E-state index contributed by atoms with van der Waals surface area (Å²) >= 11 is 0. The predicted octanol–water partition coefficient (Wildman–Crippen LogP) is 3.35. The molecular formula is C25H29F2N7O3. The fourth-order valence-corrected chi connectivity index (χ4v) is 5.63. The lowest BCUT2D eigenvalue weighted by Crippen LogP contribution is -2.37. The highest BCUT2D eigenvalue weighted by molar-refractivity contribution is 5.93. The molecule has 0 aromatic carbocycles. The SMILES string of the molecule is C[C@@H]1C[C@H](Cc2cnn3cc([C@@H](NC(=O)c4nonc4C4CC4)C4CCC(F)(F)CC4)nc3c2)C(=O)N1. The topological polar surface area (TPSA) is 127 Å². The number of amides is 2. The zero-order valence-electron chi connectivity index (χ0n) is 20.5. The van der Waals surface area contributed by atoms with Crippen molar-refractivity contribution in [3.8, 4) is 0 Å².